The van der Waals surface area contributed by atoms with Crippen molar-refractivity contribution in [1.29, 1.82) is 0 Å². The molecule has 0 aliphatic heterocycles. The zero-order valence-electron chi connectivity index (χ0n) is 12.1. The molecule has 1 aliphatic rings. The summed E-state index contributed by atoms with van der Waals surface area (Å²) >= 11 is 0. The predicted molar refractivity (Wildman–Crippen MR) is 77.1 cm³/mol. The highest BCUT2D eigenvalue weighted by molar-refractivity contribution is 5.95. The molecule has 2 rings (SSSR count). The fourth-order valence-electron chi connectivity index (χ4n) is 2.08. The van der Waals surface area contributed by atoms with Crippen molar-refractivity contribution in [1.82, 2.24) is 10.9 Å². The predicted octanol–water partition coefficient (Wildman–Crippen LogP) is 1.58. The number of carbonyl (C=O) groups excluding carboxylic acids is 2. The normalized spacial score (nSPS) is 14.2. The fourth-order valence-corrected chi connectivity index (χ4v) is 2.08. The molecule has 0 unspecified atom stereocenters. The summed E-state index contributed by atoms with van der Waals surface area (Å²) in [7, 11) is 3.04. The van der Waals surface area contributed by atoms with Crippen LogP contribution in [0.3, 0.4) is 0 Å². The van der Waals surface area contributed by atoms with E-state index < -0.39 is 0 Å². The highest BCUT2D eigenvalue weighted by Crippen LogP contribution is 2.27. The van der Waals surface area contributed by atoms with E-state index in [9.17, 15) is 9.59 Å². The lowest BCUT2D eigenvalue weighted by atomic mass is 10.0. The Balaban J connectivity index is 2.02. The first-order valence-electron chi connectivity index (χ1n) is 6.66. The molecule has 2 N–H and O–H groups in total. The van der Waals surface area contributed by atoms with Gasteiger partial charge in [-0.25, -0.2) is 0 Å². The summed E-state index contributed by atoms with van der Waals surface area (Å²) in [5, 5.41) is 0. The minimum absolute atomic E-state index is 0.0733. The lowest BCUT2D eigenvalue weighted by Crippen LogP contribution is -2.37. The largest absolute Gasteiger partial charge is 0.493 e. The third kappa shape index (κ3) is 3.75. The fraction of sp³-hybridized carbons (Fsp3) is 0.333. The molecule has 0 saturated carbocycles. The van der Waals surface area contributed by atoms with Crippen LogP contribution in [0.25, 0.3) is 0 Å². The second-order valence-electron chi connectivity index (χ2n) is 4.64. The molecule has 0 heterocycles. The summed E-state index contributed by atoms with van der Waals surface area (Å²) < 4.78 is 10.3. The summed E-state index contributed by atoms with van der Waals surface area (Å²) in [6.45, 7) is 0. The van der Waals surface area contributed by atoms with E-state index in [4.69, 9.17) is 9.47 Å². The number of benzene rings is 1. The van der Waals surface area contributed by atoms with Crippen LogP contribution in [0.4, 0.5) is 0 Å². The summed E-state index contributed by atoms with van der Waals surface area (Å²) in [6.07, 6.45) is 3.63. The molecule has 1 aliphatic carbocycles. The minimum Gasteiger partial charge on any atom is -0.493 e. The lowest BCUT2D eigenvalue weighted by molar-refractivity contribution is -0.115. The van der Waals surface area contributed by atoms with Gasteiger partial charge in [0.2, 0.25) is 0 Å². The molecule has 0 atom stereocenters. The molecule has 0 saturated heterocycles. The van der Waals surface area contributed by atoms with Crippen molar-refractivity contribution in [3.05, 3.63) is 35.5 Å². The summed E-state index contributed by atoms with van der Waals surface area (Å²) in [5.41, 5.74) is 6.51. The monoisotopic (exact) mass is 290 g/mol. The Morgan fingerprint density at radius 2 is 1.90 bits per heavy atom. The van der Waals surface area contributed by atoms with Gasteiger partial charge in [0.15, 0.2) is 17.3 Å². The van der Waals surface area contributed by atoms with Crippen LogP contribution in [0, 0.1) is 0 Å². The number of amides is 1. The minimum atomic E-state index is -0.310. The van der Waals surface area contributed by atoms with Gasteiger partial charge in [-0.3, -0.25) is 15.0 Å². The quantitative estimate of drug-likeness (QED) is 0.805. The molecule has 1 aromatic rings. The van der Waals surface area contributed by atoms with Gasteiger partial charge >= 0.3 is 0 Å². The Labute approximate surface area is 123 Å². The molecule has 1 amide bonds. The zero-order chi connectivity index (χ0) is 15.2. The molecule has 21 heavy (non-hydrogen) atoms. The molecule has 0 spiro atoms. The van der Waals surface area contributed by atoms with Gasteiger partial charge in [-0.15, -0.1) is 0 Å². The van der Waals surface area contributed by atoms with Crippen LogP contribution >= 0.6 is 0 Å². The smallest absolute Gasteiger partial charge is 0.269 e. The van der Waals surface area contributed by atoms with Gasteiger partial charge in [-0.1, -0.05) is 0 Å². The molecule has 6 nitrogen and oxygen atoms in total. The average molecular weight is 290 g/mol. The number of rotatable bonds is 5. The van der Waals surface area contributed by atoms with Crippen LogP contribution in [0.1, 0.15) is 29.6 Å². The molecule has 1 aromatic carbocycles. The second-order valence-corrected chi connectivity index (χ2v) is 4.64. The van der Waals surface area contributed by atoms with E-state index in [1.165, 1.54) is 20.3 Å². The topological polar surface area (TPSA) is 76.7 Å². The summed E-state index contributed by atoms with van der Waals surface area (Å²) in [6, 6.07) is 4.90. The molecular weight excluding hydrogens is 272 g/mol. The highest BCUT2D eigenvalue weighted by atomic mass is 16.5. The van der Waals surface area contributed by atoms with Crippen LogP contribution in [0.5, 0.6) is 11.5 Å². The van der Waals surface area contributed by atoms with Gasteiger partial charge < -0.3 is 14.9 Å². The van der Waals surface area contributed by atoms with Crippen LogP contribution in [-0.2, 0) is 4.79 Å². The molecule has 112 valence electrons. The number of allylic oxidation sites excluding steroid dienone is 2. The van der Waals surface area contributed by atoms with Crippen molar-refractivity contribution in [2.24, 2.45) is 0 Å². The molecule has 0 fully saturated rings. The maximum atomic E-state index is 12.1. The van der Waals surface area contributed by atoms with Gasteiger partial charge in [-0.2, -0.15) is 0 Å². The summed E-state index contributed by atoms with van der Waals surface area (Å²) in [4.78, 5) is 23.3. The van der Waals surface area contributed by atoms with Crippen molar-refractivity contribution >= 4 is 11.7 Å². The molecular formula is C15H18N2O4. The number of hydrogen-bond donors (Lipinski definition) is 2. The highest BCUT2D eigenvalue weighted by Gasteiger charge is 2.13. The Morgan fingerprint density at radius 1 is 1.14 bits per heavy atom. The van der Waals surface area contributed by atoms with Gasteiger partial charge in [-0.05, 0) is 31.0 Å². The van der Waals surface area contributed by atoms with E-state index in [-0.39, 0.29) is 11.7 Å². The van der Waals surface area contributed by atoms with Crippen LogP contribution in [0.15, 0.2) is 30.0 Å². The number of carbonyl (C=O) groups is 2. The molecule has 0 bridgehead atoms. The Bertz CT molecular complexity index is 581. The number of hydrogen-bond acceptors (Lipinski definition) is 5. The molecule has 0 radical (unpaired) electrons. The SMILES string of the molecule is COc1ccc(C(=O)NNC2=CC(=O)CCC2)cc1OC. The Kier molecular flexibility index (Phi) is 4.81. The van der Waals surface area contributed by atoms with Gasteiger partial charge in [0, 0.05) is 23.8 Å². The second kappa shape index (κ2) is 6.78. The third-order valence-electron chi connectivity index (χ3n) is 3.19. The standard InChI is InChI=1S/C15H18N2O4/c1-20-13-7-6-10(8-14(13)21-2)15(19)17-16-11-4-3-5-12(18)9-11/h6-9,16H,3-5H2,1-2H3,(H,17,19). The van der Waals surface area contributed by atoms with Crippen LogP contribution < -0.4 is 20.3 Å². The van der Waals surface area contributed by atoms with Crippen molar-refractivity contribution in [3.63, 3.8) is 0 Å². The molecule has 6 heteroatoms. The number of ether oxygens (including phenoxy) is 2. The van der Waals surface area contributed by atoms with E-state index in [0.29, 0.717) is 23.5 Å². The first-order chi connectivity index (χ1) is 10.1. The van der Waals surface area contributed by atoms with E-state index in [2.05, 4.69) is 10.9 Å². The van der Waals surface area contributed by atoms with Crippen LogP contribution in [0.2, 0.25) is 0 Å². The summed E-state index contributed by atoms with van der Waals surface area (Å²) in [5.74, 6) is 0.804. The number of nitrogens with one attached hydrogen (secondary N) is 2. The maximum Gasteiger partial charge on any atom is 0.269 e. The first kappa shape index (κ1) is 14.9. The van der Waals surface area contributed by atoms with E-state index in [0.717, 1.165) is 18.5 Å². The first-order valence-corrected chi connectivity index (χ1v) is 6.66. The number of hydrazine groups is 1. The molecule has 0 aromatic heterocycles. The van der Waals surface area contributed by atoms with Gasteiger partial charge in [0.25, 0.3) is 5.91 Å². The number of methoxy groups -OCH3 is 2. The third-order valence-corrected chi connectivity index (χ3v) is 3.19. The number of ketones is 1. The zero-order valence-corrected chi connectivity index (χ0v) is 12.1. The van der Waals surface area contributed by atoms with Gasteiger partial charge in [0.05, 0.1) is 14.2 Å². The van der Waals surface area contributed by atoms with E-state index in [1.807, 2.05) is 0 Å². The van der Waals surface area contributed by atoms with Crippen molar-refractivity contribution in [3.8, 4) is 11.5 Å². The van der Waals surface area contributed by atoms with Crippen molar-refractivity contribution in [2.45, 2.75) is 19.3 Å². The van der Waals surface area contributed by atoms with Crippen molar-refractivity contribution < 1.29 is 19.1 Å². The Hall–Kier alpha value is -2.50. The Morgan fingerprint density at radius 3 is 2.57 bits per heavy atom. The van der Waals surface area contributed by atoms with Gasteiger partial charge in [0.1, 0.15) is 0 Å². The lowest BCUT2D eigenvalue weighted by Gasteiger charge is -2.15. The van der Waals surface area contributed by atoms with E-state index >= 15 is 0 Å². The maximum absolute atomic E-state index is 12.1. The van der Waals surface area contributed by atoms with Crippen LogP contribution in [-0.4, -0.2) is 25.9 Å². The van der Waals surface area contributed by atoms with Crippen molar-refractivity contribution in [2.75, 3.05) is 14.2 Å². The van der Waals surface area contributed by atoms with E-state index in [1.54, 1.807) is 18.2 Å². The average Bonchev–Trinajstić information content (AvgIpc) is 2.52.